The molecule has 0 radical (unpaired) electrons. The van der Waals surface area contributed by atoms with Crippen molar-refractivity contribution in [2.24, 2.45) is 0 Å². The minimum atomic E-state index is 0.318. The Kier molecular flexibility index (Phi) is 3.77. The number of aromatic nitrogens is 2. The van der Waals surface area contributed by atoms with Gasteiger partial charge in [-0.25, -0.2) is 0 Å². The van der Waals surface area contributed by atoms with Crippen LogP contribution in [0.15, 0.2) is 24.3 Å². The number of hydrogen-bond donors (Lipinski definition) is 2. The smallest absolute Gasteiger partial charge is 0.233 e. The maximum Gasteiger partial charge on any atom is 0.233 e. The highest BCUT2D eigenvalue weighted by molar-refractivity contribution is 7.09. The molecule has 0 bridgehead atoms. The molecular formula is C11H14N4OS. The van der Waals surface area contributed by atoms with Gasteiger partial charge in [-0.3, -0.25) is 0 Å². The Morgan fingerprint density at radius 2 is 2.35 bits per heavy atom. The van der Waals surface area contributed by atoms with Gasteiger partial charge in [-0.2, -0.15) is 9.36 Å². The van der Waals surface area contributed by atoms with Gasteiger partial charge in [0.1, 0.15) is 5.75 Å². The quantitative estimate of drug-likeness (QED) is 0.846. The van der Waals surface area contributed by atoms with Crippen molar-refractivity contribution in [3.8, 4) is 5.75 Å². The third-order valence-corrected chi connectivity index (χ3v) is 2.95. The summed E-state index contributed by atoms with van der Waals surface area (Å²) in [6, 6.07) is 8.01. The fourth-order valence-electron chi connectivity index (χ4n) is 1.45. The first-order chi connectivity index (χ1) is 8.28. The lowest BCUT2D eigenvalue weighted by Crippen LogP contribution is -2.04. The molecule has 1 heterocycles. The summed E-state index contributed by atoms with van der Waals surface area (Å²) < 4.78 is 9.06. The van der Waals surface area contributed by atoms with Crippen molar-refractivity contribution in [2.75, 3.05) is 24.7 Å². The van der Waals surface area contributed by atoms with Gasteiger partial charge < -0.3 is 15.8 Å². The van der Waals surface area contributed by atoms with E-state index in [1.54, 1.807) is 7.11 Å². The Morgan fingerprint density at radius 3 is 3.06 bits per heavy atom. The molecule has 5 nitrogen and oxygen atoms in total. The SMILES string of the molecule is COc1cccc(CCNc2nc(N)ns2)c1. The first-order valence-electron chi connectivity index (χ1n) is 5.24. The van der Waals surface area contributed by atoms with E-state index in [0.717, 1.165) is 23.8 Å². The molecule has 2 rings (SSSR count). The standard InChI is InChI=1S/C11H14N4OS/c1-16-9-4-2-3-8(7-9)5-6-13-11-14-10(12)15-17-11/h2-4,7H,5-6H2,1H3,(H3,12,13,14,15). The summed E-state index contributed by atoms with van der Waals surface area (Å²) in [7, 11) is 1.67. The van der Waals surface area contributed by atoms with Crippen LogP contribution in [0.5, 0.6) is 5.75 Å². The van der Waals surface area contributed by atoms with E-state index >= 15 is 0 Å². The molecule has 0 atom stereocenters. The number of ether oxygens (including phenoxy) is 1. The zero-order valence-electron chi connectivity index (χ0n) is 9.51. The van der Waals surface area contributed by atoms with Crippen LogP contribution in [-0.4, -0.2) is 23.0 Å². The second kappa shape index (κ2) is 5.49. The number of benzene rings is 1. The van der Waals surface area contributed by atoms with Gasteiger partial charge >= 0.3 is 0 Å². The first kappa shape index (κ1) is 11.7. The van der Waals surface area contributed by atoms with Crippen LogP contribution in [0.1, 0.15) is 5.56 Å². The summed E-state index contributed by atoms with van der Waals surface area (Å²) >= 11 is 1.27. The zero-order valence-corrected chi connectivity index (χ0v) is 10.3. The molecule has 2 aromatic rings. The van der Waals surface area contributed by atoms with Crippen LogP contribution in [0, 0.1) is 0 Å². The molecule has 90 valence electrons. The minimum Gasteiger partial charge on any atom is -0.497 e. The van der Waals surface area contributed by atoms with E-state index in [-0.39, 0.29) is 0 Å². The van der Waals surface area contributed by atoms with Crippen LogP contribution in [0.4, 0.5) is 11.1 Å². The monoisotopic (exact) mass is 250 g/mol. The van der Waals surface area contributed by atoms with Crippen LogP contribution in [0.3, 0.4) is 0 Å². The van der Waals surface area contributed by atoms with Crippen molar-refractivity contribution in [1.29, 1.82) is 0 Å². The summed E-state index contributed by atoms with van der Waals surface area (Å²) in [5.74, 6) is 1.20. The molecule has 1 aromatic heterocycles. The van der Waals surface area contributed by atoms with Gasteiger partial charge in [0.05, 0.1) is 7.11 Å². The molecule has 0 unspecified atom stereocenters. The molecule has 0 spiro atoms. The summed E-state index contributed by atoms with van der Waals surface area (Å²) in [6.07, 6.45) is 0.899. The van der Waals surface area contributed by atoms with Crippen LogP contribution >= 0.6 is 11.5 Å². The topological polar surface area (TPSA) is 73.1 Å². The minimum absolute atomic E-state index is 0.318. The van der Waals surface area contributed by atoms with Crippen molar-refractivity contribution >= 4 is 22.6 Å². The van der Waals surface area contributed by atoms with Crippen molar-refractivity contribution in [1.82, 2.24) is 9.36 Å². The Bertz CT molecular complexity index is 486. The molecule has 0 aliphatic heterocycles. The molecule has 0 aliphatic carbocycles. The lowest BCUT2D eigenvalue weighted by Gasteiger charge is -2.04. The van der Waals surface area contributed by atoms with Crippen LogP contribution in [-0.2, 0) is 6.42 Å². The van der Waals surface area contributed by atoms with Crippen LogP contribution < -0.4 is 15.8 Å². The molecule has 0 saturated carbocycles. The lowest BCUT2D eigenvalue weighted by atomic mass is 10.1. The van der Waals surface area contributed by atoms with E-state index in [9.17, 15) is 0 Å². The first-order valence-corrected chi connectivity index (χ1v) is 6.01. The highest BCUT2D eigenvalue weighted by atomic mass is 32.1. The molecule has 0 amide bonds. The Morgan fingerprint density at radius 1 is 1.47 bits per heavy atom. The average Bonchev–Trinajstić information content (AvgIpc) is 2.75. The second-order valence-corrected chi connectivity index (χ2v) is 4.24. The Labute approximate surface area is 104 Å². The number of anilines is 2. The maximum atomic E-state index is 5.43. The van der Waals surface area contributed by atoms with E-state index in [2.05, 4.69) is 20.7 Å². The fourth-order valence-corrected chi connectivity index (χ4v) is 1.97. The van der Waals surface area contributed by atoms with Crippen molar-refractivity contribution < 1.29 is 4.74 Å². The van der Waals surface area contributed by atoms with E-state index in [0.29, 0.717) is 5.95 Å². The number of nitrogens with zero attached hydrogens (tertiary/aromatic N) is 2. The summed E-state index contributed by atoms with van der Waals surface area (Å²) in [5.41, 5.74) is 6.65. The molecule has 0 saturated heterocycles. The summed E-state index contributed by atoms with van der Waals surface area (Å²) in [5, 5.41) is 3.93. The third-order valence-electron chi connectivity index (χ3n) is 2.27. The van der Waals surface area contributed by atoms with Crippen molar-refractivity contribution in [2.45, 2.75) is 6.42 Å². The molecule has 0 fully saturated rings. The zero-order chi connectivity index (χ0) is 12.1. The largest absolute Gasteiger partial charge is 0.497 e. The van der Waals surface area contributed by atoms with Crippen molar-refractivity contribution in [3.05, 3.63) is 29.8 Å². The molecular weight excluding hydrogens is 236 g/mol. The second-order valence-electron chi connectivity index (χ2n) is 3.49. The van der Waals surface area contributed by atoms with Gasteiger partial charge in [0.15, 0.2) is 0 Å². The van der Waals surface area contributed by atoms with Gasteiger partial charge in [0.25, 0.3) is 0 Å². The predicted molar refractivity (Wildman–Crippen MR) is 69.5 cm³/mol. The maximum absolute atomic E-state index is 5.43. The average molecular weight is 250 g/mol. The van der Waals surface area contributed by atoms with E-state index in [1.807, 2.05) is 18.2 Å². The highest BCUT2D eigenvalue weighted by Gasteiger charge is 2.00. The molecule has 6 heteroatoms. The van der Waals surface area contributed by atoms with E-state index < -0.39 is 0 Å². The van der Waals surface area contributed by atoms with Crippen molar-refractivity contribution in [3.63, 3.8) is 0 Å². The number of nitrogen functional groups attached to an aromatic ring is 1. The predicted octanol–water partition coefficient (Wildman–Crippen LogP) is 1.78. The Balaban J connectivity index is 1.85. The van der Waals surface area contributed by atoms with Gasteiger partial charge in [-0.05, 0) is 24.1 Å². The number of nitrogens with one attached hydrogen (secondary N) is 1. The Hall–Kier alpha value is -1.82. The normalized spacial score (nSPS) is 10.2. The van der Waals surface area contributed by atoms with E-state index in [1.165, 1.54) is 17.1 Å². The molecule has 3 N–H and O–H groups in total. The van der Waals surface area contributed by atoms with E-state index in [4.69, 9.17) is 10.5 Å². The lowest BCUT2D eigenvalue weighted by molar-refractivity contribution is 0.414. The van der Waals surface area contributed by atoms with Gasteiger partial charge in [0, 0.05) is 18.1 Å². The van der Waals surface area contributed by atoms with Gasteiger partial charge in [-0.1, -0.05) is 12.1 Å². The summed E-state index contributed by atoms with van der Waals surface area (Å²) in [6.45, 7) is 0.793. The summed E-state index contributed by atoms with van der Waals surface area (Å²) in [4.78, 5) is 4.02. The fraction of sp³-hybridized carbons (Fsp3) is 0.273. The van der Waals surface area contributed by atoms with Gasteiger partial charge in [-0.15, -0.1) is 0 Å². The number of rotatable bonds is 5. The number of nitrogens with two attached hydrogens (primary N) is 1. The van der Waals surface area contributed by atoms with Gasteiger partial charge in [0.2, 0.25) is 11.1 Å². The highest BCUT2D eigenvalue weighted by Crippen LogP contribution is 2.14. The molecule has 17 heavy (non-hydrogen) atoms. The molecule has 0 aliphatic rings. The van der Waals surface area contributed by atoms with Crippen LogP contribution in [0.25, 0.3) is 0 Å². The molecule has 1 aromatic carbocycles. The number of methoxy groups -OCH3 is 1. The number of hydrogen-bond acceptors (Lipinski definition) is 6. The third kappa shape index (κ3) is 3.32. The van der Waals surface area contributed by atoms with Crippen LogP contribution in [0.2, 0.25) is 0 Å².